The summed E-state index contributed by atoms with van der Waals surface area (Å²) in [4.78, 5) is 18.1. The molecule has 0 spiro atoms. The first-order valence-corrected chi connectivity index (χ1v) is 7.42. The molecule has 0 unspecified atom stereocenters. The molecule has 0 bridgehead atoms. The molecular weight excluding hydrogens is 290 g/mol. The van der Waals surface area contributed by atoms with E-state index < -0.39 is 0 Å². The Labute approximate surface area is 133 Å². The van der Waals surface area contributed by atoms with Gasteiger partial charge in [0.15, 0.2) is 0 Å². The summed E-state index contributed by atoms with van der Waals surface area (Å²) in [5.41, 5.74) is 3.96. The molecule has 0 saturated carbocycles. The molecule has 0 N–H and O–H groups in total. The molecule has 0 atom stereocenters. The molecule has 1 aromatic carbocycles. The van der Waals surface area contributed by atoms with Gasteiger partial charge in [0.25, 0.3) is 0 Å². The smallest absolute Gasteiger partial charge is 0.414 e. The van der Waals surface area contributed by atoms with Gasteiger partial charge in [-0.1, -0.05) is 30.3 Å². The highest BCUT2D eigenvalue weighted by Crippen LogP contribution is 2.23. The maximum Gasteiger partial charge on any atom is 0.414 e. The van der Waals surface area contributed by atoms with Crippen molar-refractivity contribution in [3.05, 3.63) is 77.9 Å². The summed E-state index contributed by atoms with van der Waals surface area (Å²) in [6, 6.07) is 13.5. The van der Waals surface area contributed by atoms with Crippen molar-refractivity contribution in [2.75, 3.05) is 0 Å². The first kappa shape index (κ1) is 13.6. The van der Waals surface area contributed by atoms with Crippen molar-refractivity contribution in [1.29, 1.82) is 0 Å². The lowest BCUT2D eigenvalue weighted by molar-refractivity contribution is 0.108. The van der Waals surface area contributed by atoms with Crippen LogP contribution >= 0.6 is 0 Å². The molecule has 2 aromatic heterocycles. The molecule has 5 nitrogen and oxygen atoms in total. The lowest BCUT2D eigenvalue weighted by atomic mass is 10.2. The van der Waals surface area contributed by atoms with E-state index in [4.69, 9.17) is 4.74 Å². The molecule has 1 amide bonds. The Hall–Kier alpha value is -3.08. The van der Waals surface area contributed by atoms with E-state index in [1.165, 1.54) is 0 Å². The third-order valence-corrected chi connectivity index (χ3v) is 3.86. The minimum absolute atomic E-state index is 0.274. The molecule has 0 radical (unpaired) electrons. The van der Waals surface area contributed by atoms with E-state index >= 15 is 0 Å². The zero-order valence-corrected chi connectivity index (χ0v) is 12.4. The predicted octanol–water partition coefficient (Wildman–Crippen LogP) is 3.46. The van der Waals surface area contributed by atoms with E-state index in [1.54, 1.807) is 17.3 Å². The first-order chi connectivity index (χ1) is 11.3. The molecule has 3 heterocycles. The average molecular weight is 305 g/mol. The van der Waals surface area contributed by atoms with Gasteiger partial charge in [0.2, 0.25) is 0 Å². The molecule has 3 aromatic rings. The Kier molecular flexibility index (Phi) is 3.31. The van der Waals surface area contributed by atoms with Gasteiger partial charge in [0.1, 0.15) is 12.3 Å². The normalized spacial score (nSPS) is 13.1. The molecule has 0 saturated heterocycles. The van der Waals surface area contributed by atoms with Crippen molar-refractivity contribution in [3.63, 3.8) is 0 Å². The second kappa shape index (κ2) is 5.61. The number of fused-ring (bicyclic) bond motifs is 3. The van der Waals surface area contributed by atoms with Crippen LogP contribution in [-0.2, 0) is 17.9 Å². The van der Waals surface area contributed by atoms with Gasteiger partial charge in [-0.15, -0.1) is 0 Å². The Balaban J connectivity index is 1.49. The number of ether oxygens (including phenoxy) is 1. The minimum atomic E-state index is -0.348. The number of aromatic nitrogens is 2. The fraction of sp³-hybridized carbons (Fsp3) is 0.111. The molecular formula is C18H15N3O2. The van der Waals surface area contributed by atoms with Gasteiger partial charge in [-0.25, -0.2) is 9.78 Å². The topological polar surface area (TPSA) is 46.8 Å². The Morgan fingerprint density at radius 3 is 2.96 bits per heavy atom. The minimum Gasteiger partial charge on any atom is -0.444 e. The molecule has 4 rings (SSSR count). The van der Waals surface area contributed by atoms with Crippen molar-refractivity contribution >= 4 is 17.8 Å². The second-order valence-corrected chi connectivity index (χ2v) is 5.39. The molecule has 1 aliphatic rings. The average Bonchev–Trinajstić information content (AvgIpc) is 2.98. The maximum absolute atomic E-state index is 12.2. The van der Waals surface area contributed by atoms with Crippen LogP contribution in [-0.4, -0.2) is 20.4 Å². The van der Waals surface area contributed by atoms with Gasteiger partial charge < -0.3 is 9.14 Å². The fourth-order valence-electron chi connectivity index (χ4n) is 2.72. The quantitative estimate of drug-likeness (QED) is 0.728. The fourth-order valence-corrected chi connectivity index (χ4v) is 2.72. The second-order valence-electron chi connectivity index (χ2n) is 5.39. The Morgan fingerprint density at radius 1 is 1.22 bits per heavy atom. The van der Waals surface area contributed by atoms with Gasteiger partial charge in [-0.2, -0.15) is 0 Å². The summed E-state index contributed by atoms with van der Waals surface area (Å²) in [5.74, 6) is 0. The number of carbonyl (C=O) groups is 1. The Morgan fingerprint density at radius 2 is 2.09 bits per heavy atom. The van der Waals surface area contributed by atoms with Gasteiger partial charge in [-0.3, -0.25) is 4.90 Å². The van der Waals surface area contributed by atoms with Crippen molar-refractivity contribution in [2.24, 2.45) is 0 Å². The van der Waals surface area contributed by atoms with Crippen molar-refractivity contribution in [3.8, 4) is 0 Å². The summed E-state index contributed by atoms with van der Waals surface area (Å²) in [5, 5.41) is 0. The van der Waals surface area contributed by atoms with Crippen molar-refractivity contribution in [2.45, 2.75) is 13.2 Å². The van der Waals surface area contributed by atoms with Gasteiger partial charge in [-0.05, 0) is 29.3 Å². The number of nitrogens with zero attached hydrogens (tertiary/aromatic N) is 3. The van der Waals surface area contributed by atoms with Crippen LogP contribution in [0.3, 0.4) is 0 Å². The summed E-state index contributed by atoms with van der Waals surface area (Å²) in [6.07, 6.45) is 7.05. The van der Waals surface area contributed by atoms with Crippen LogP contribution < -0.4 is 0 Å². The summed E-state index contributed by atoms with van der Waals surface area (Å²) >= 11 is 0. The van der Waals surface area contributed by atoms with E-state index in [2.05, 4.69) is 4.98 Å². The zero-order chi connectivity index (χ0) is 15.6. The van der Waals surface area contributed by atoms with Crippen LogP contribution in [0.15, 0.2) is 61.1 Å². The molecule has 5 heteroatoms. The number of amides is 1. The van der Waals surface area contributed by atoms with E-state index in [-0.39, 0.29) is 12.7 Å². The lowest BCUT2D eigenvalue weighted by Crippen LogP contribution is -2.27. The number of benzene rings is 1. The standard InChI is InChI=1S/C18H15N3O2/c22-18(23-13-14-5-2-1-3-6-14)20-10-7-16-15(12-20)11-17-19-8-4-9-21(16)17/h1-11H,12-13H2. The largest absolute Gasteiger partial charge is 0.444 e. The van der Waals surface area contributed by atoms with Gasteiger partial charge in [0.05, 0.1) is 12.2 Å². The van der Waals surface area contributed by atoms with E-state index in [9.17, 15) is 4.79 Å². The van der Waals surface area contributed by atoms with Crippen LogP contribution in [0.4, 0.5) is 4.79 Å². The van der Waals surface area contributed by atoms with Crippen LogP contribution in [0.5, 0.6) is 0 Å². The molecule has 0 aliphatic carbocycles. The highest BCUT2D eigenvalue weighted by molar-refractivity contribution is 5.73. The molecule has 0 fully saturated rings. The lowest BCUT2D eigenvalue weighted by Gasteiger charge is -2.21. The number of hydrogen-bond donors (Lipinski definition) is 0. The van der Waals surface area contributed by atoms with Gasteiger partial charge >= 0.3 is 6.09 Å². The van der Waals surface area contributed by atoms with E-state index in [0.29, 0.717) is 6.54 Å². The third kappa shape index (κ3) is 2.57. The molecule has 23 heavy (non-hydrogen) atoms. The summed E-state index contributed by atoms with van der Waals surface area (Å²) < 4.78 is 7.38. The predicted molar refractivity (Wildman–Crippen MR) is 86.4 cm³/mol. The van der Waals surface area contributed by atoms with E-state index in [1.807, 2.05) is 59.1 Å². The summed E-state index contributed by atoms with van der Waals surface area (Å²) in [6.45, 7) is 0.763. The van der Waals surface area contributed by atoms with Crippen LogP contribution in [0, 0.1) is 0 Å². The number of hydrogen-bond acceptors (Lipinski definition) is 3. The third-order valence-electron chi connectivity index (χ3n) is 3.86. The van der Waals surface area contributed by atoms with Crippen LogP contribution in [0.25, 0.3) is 11.7 Å². The first-order valence-electron chi connectivity index (χ1n) is 7.42. The molecule has 114 valence electrons. The van der Waals surface area contributed by atoms with Crippen LogP contribution in [0.2, 0.25) is 0 Å². The number of rotatable bonds is 2. The highest BCUT2D eigenvalue weighted by atomic mass is 16.6. The Bertz CT molecular complexity index is 884. The van der Waals surface area contributed by atoms with Gasteiger partial charge in [0, 0.05) is 18.6 Å². The molecule has 1 aliphatic heterocycles. The van der Waals surface area contributed by atoms with Crippen molar-refractivity contribution in [1.82, 2.24) is 14.3 Å². The van der Waals surface area contributed by atoms with Crippen LogP contribution in [0.1, 0.15) is 16.8 Å². The zero-order valence-electron chi connectivity index (χ0n) is 12.4. The van der Waals surface area contributed by atoms with E-state index in [0.717, 1.165) is 22.5 Å². The monoisotopic (exact) mass is 305 g/mol. The highest BCUT2D eigenvalue weighted by Gasteiger charge is 2.20. The summed E-state index contributed by atoms with van der Waals surface area (Å²) in [7, 11) is 0. The van der Waals surface area contributed by atoms with Crippen molar-refractivity contribution < 1.29 is 9.53 Å². The number of carbonyl (C=O) groups excluding carboxylic acids is 1. The SMILES string of the molecule is O=C(OCc1ccccc1)N1C=Cc2c(cc3ncccn23)C1. The maximum atomic E-state index is 12.2.